The predicted molar refractivity (Wildman–Crippen MR) is 96.5 cm³/mol. The van der Waals surface area contributed by atoms with Crippen LogP contribution in [0.25, 0.3) is 0 Å². The molecule has 24 heavy (non-hydrogen) atoms. The molecule has 1 N–H and O–H groups in total. The summed E-state index contributed by atoms with van der Waals surface area (Å²) < 4.78 is 5.75. The van der Waals surface area contributed by atoms with E-state index in [9.17, 15) is 4.79 Å². The lowest BCUT2D eigenvalue weighted by Crippen LogP contribution is -2.42. The number of hydrogen-bond donors (Lipinski definition) is 1. The van der Waals surface area contributed by atoms with Crippen molar-refractivity contribution in [3.05, 3.63) is 54.6 Å². The minimum Gasteiger partial charge on any atom is -0.457 e. The number of ether oxygens (including phenoxy) is 1. The summed E-state index contributed by atoms with van der Waals surface area (Å²) in [6.45, 7) is 3.67. The third kappa shape index (κ3) is 4.59. The van der Waals surface area contributed by atoms with E-state index in [-0.39, 0.29) is 5.91 Å². The molecule has 0 bridgehead atoms. The topological polar surface area (TPSA) is 41.6 Å². The van der Waals surface area contributed by atoms with Crippen LogP contribution in [0.5, 0.6) is 11.5 Å². The van der Waals surface area contributed by atoms with Gasteiger partial charge in [0.25, 0.3) is 0 Å². The summed E-state index contributed by atoms with van der Waals surface area (Å²) in [5.41, 5.74) is 0.796. The third-order valence-electron chi connectivity index (χ3n) is 4.40. The van der Waals surface area contributed by atoms with Crippen molar-refractivity contribution in [1.29, 1.82) is 0 Å². The fourth-order valence-corrected chi connectivity index (χ4v) is 3.01. The number of para-hydroxylation sites is 1. The number of rotatable bonds is 5. The van der Waals surface area contributed by atoms with Crippen LogP contribution in [0.1, 0.15) is 26.2 Å². The highest BCUT2D eigenvalue weighted by molar-refractivity contribution is 5.92. The van der Waals surface area contributed by atoms with Gasteiger partial charge in [-0.15, -0.1) is 0 Å². The zero-order valence-electron chi connectivity index (χ0n) is 14.1. The Morgan fingerprint density at radius 2 is 1.79 bits per heavy atom. The summed E-state index contributed by atoms with van der Waals surface area (Å²) in [4.78, 5) is 14.5. The van der Waals surface area contributed by atoms with Crippen molar-refractivity contribution in [3.63, 3.8) is 0 Å². The molecule has 1 atom stereocenters. The van der Waals surface area contributed by atoms with Crippen LogP contribution in [0, 0.1) is 0 Å². The number of nitrogens with one attached hydrogen (secondary N) is 1. The molecule has 1 heterocycles. The fourth-order valence-electron chi connectivity index (χ4n) is 3.01. The first-order chi connectivity index (χ1) is 11.7. The Kier molecular flexibility index (Phi) is 5.49. The second kappa shape index (κ2) is 7.97. The first kappa shape index (κ1) is 16.5. The average Bonchev–Trinajstić information content (AvgIpc) is 2.60. The lowest BCUT2D eigenvalue weighted by Gasteiger charge is -2.32. The SMILES string of the molecule is C[C@H]1CCCCN1CC(=O)Nc1ccc(Oc2ccccc2)cc1. The van der Waals surface area contributed by atoms with Gasteiger partial charge in [0.05, 0.1) is 6.54 Å². The van der Waals surface area contributed by atoms with Gasteiger partial charge in [-0.2, -0.15) is 0 Å². The van der Waals surface area contributed by atoms with Crippen molar-refractivity contribution < 1.29 is 9.53 Å². The van der Waals surface area contributed by atoms with Gasteiger partial charge in [0, 0.05) is 11.7 Å². The van der Waals surface area contributed by atoms with E-state index < -0.39 is 0 Å². The van der Waals surface area contributed by atoms with Crippen LogP contribution in [-0.2, 0) is 4.79 Å². The second-order valence-corrected chi connectivity index (χ2v) is 6.30. The average molecular weight is 324 g/mol. The predicted octanol–water partition coefficient (Wildman–Crippen LogP) is 4.29. The number of anilines is 1. The lowest BCUT2D eigenvalue weighted by molar-refractivity contribution is -0.118. The van der Waals surface area contributed by atoms with Gasteiger partial charge in [0.2, 0.25) is 5.91 Å². The maximum Gasteiger partial charge on any atom is 0.238 e. The minimum absolute atomic E-state index is 0.0421. The highest BCUT2D eigenvalue weighted by Gasteiger charge is 2.20. The van der Waals surface area contributed by atoms with Gasteiger partial charge in [-0.1, -0.05) is 24.6 Å². The number of piperidine rings is 1. The Morgan fingerprint density at radius 3 is 2.50 bits per heavy atom. The molecule has 1 amide bonds. The standard InChI is InChI=1S/C20H24N2O2/c1-16-7-5-6-14-22(16)15-20(23)21-17-10-12-19(13-11-17)24-18-8-3-2-4-9-18/h2-4,8-13,16H,5-7,14-15H2,1H3,(H,21,23)/t16-/m0/s1. The van der Waals surface area contributed by atoms with Gasteiger partial charge >= 0.3 is 0 Å². The Bertz CT molecular complexity index is 655. The van der Waals surface area contributed by atoms with Crippen molar-refractivity contribution in [2.45, 2.75) is 32.2 Å². The van der Waals surface area contributed by atoms with E-state index in [4.69, 9.17) is 4.74 Å². The Morgan fingerprint density at radius 1 is 1.08 bits per heavy atom. The van der Waals surface area contributed by atoms with E-state index in [0.717, 1.165) is 23.7 Å². The molecular formula is C20H24N2O2. The molecule has 0 spiro atoms. The smallest absolute Gasteiger partial charge is 0.238 e. The van der Waals surface area contributed by atoms with Gasteiger partial charge < -0.3 is 10.1 Å². The highest BCUT2D eigenvalue weighted by atomic mass is 16.5. The molecule has 1 aliphatic heterocycles. The molecule has 2 aromatic rings. The maximum absolute atomic E-state index is 12.2. The van der Waals surface area contributed by atoms with Crippen LogP contribution in [0.2, 0.25) is 0 Å². The molecule has 126 valence electrons. The molecule has 1 saturated heterocycles. The van der Waals surface area contributed by atoms with E-state index in [1.807, 2.05) is 54.6 Å². The number of amides is 1. The summed E-state index contributed by atoms with van der Waals surface area (Å²) in [5, 5.41) is 2.96. The van der Waals surface area contributed by atoms with Gasteiger partial charge in [0.15, 0.2) is 0 Å². The molecule has 0 radical (unpaired) electrons. The first-order valence-electron chi connectivity index (χ1n) is 8.57. The second-order valence-electron chi connectivity index (χ2n) is 6.30. The molecule has 3 rings (SSSR count). The number of hydrogen-bond acceptors (Lipinski definition) is 3. The van der Waals surface area contributed by atoms with Crippen molar-refractivity contribution in [2.24, 2.45) is 0 Å². The van der Waals surface area contributed by atoms with Gasteiger partial charge in [0.1, 0.15) is 11.5 Å². The van der Waals surface area contributed by atoms with Gasteiger partial charge in [-0.3, -0.25) is 9.69 Å². The molecule has 0 aliphatic carbocycles. The quantitative estimate of drug-likeness (QED) is 0.892. The summed E-state index contributed by atoms with van der Waals surface area (Å²) in [6, 6.07) is 17.6. The summed E-state index contributed by atoms with van der Waals surface area (Å²) in [5.74, 6) is 1.60. The third-order valence-corrected chi connectivity index (χ3v) is 4.40. The van der Waals surface area contributed by atoms with Crippen LogP contribution >= 0.6 is 0 Å². The van der Waals surface area contributed by atoms with Crippen LogP contribution in [0.15, 0.2) is 54.6 Å². The molecule has 1 fully saturated rings. The number of carbonyl (C=O) groups is 1. The van der Waals surface area contributed by atoms with E-state index in [1.54, 1.807) is 0 Å². The Labute approximate surface area is 143 Å². The van der Waals surface area contributed by atoms with Crippen LogP contribution in [-0.4, -0.2) is 29.9 Å². The number of nitrogens with zero attached hydrogens (tertiary/aromatic N) is 1. The van der Waals surface area contributed by atoms with Crippen LogP contribution in [0.3, 0.4) is 0 Å². The van der Waals surface area contributed by atoms with Gasteiger partial charge in [-0.05, 0) is 62.7 Å². The van der Waals surface area contributed by atoms with E-state index in [1.165, 1.54) is 19.3 Å². The molecule has 0 saturated carbocycles. The molecule has 2 aromatic carbocycles. The molecule has 0 unspecified atom stereocenters. The van der Waals surface area contributed by atoms with Gasteiger partial charge in [-0.25, -0.2) is 0 Å². The molecular weight excluding hydrogens is 300 g/mol. The Balaban J connectivity index is 1.53. The minimum atomic E-state index is 0.0421. The summed E-state index contributed by atoms with van der Waals surface area (Å²) in [6.07, 6.45) is 3.63. The number of carbonyl (C=O) groups excluding carboxylic acids is 1. The van der Waals surface area contributed by atoms with E-state index >= 15 is 0 Å². The van der Waals surface area contributed by atoms with Crippen LogP contribution < -0.4 is 10.1 Å². The number of likely N-dealkylation sites (tertiary alicyclic amines) is 1. The lowest BCUT2D eigenvalue weighted by atomic mass is 10.0. The fraction of sp³-hybridized carbons (Fsp3) is 0.350. The first-order valence-corrected chi connectivity index (χ1v) is 8.57. The van der Waals surface area contributed by atoms with Crippen LogP contribution in [0.4, 0.5) is 5.69 Å². The summed E-state index contributed by atoms with van der Waals surface area (Å²) in [7, 11) is 0. The highest BCUT2D eigenvalue weighted by Crippen LogP contribution is 2.22. The van der Waals surface area contributed by atoms with E-state index in [0.29, 0.717) is 12.6 Å². The molecule has 0 aromatic heterocycles. The summed E-state index contributed by atoms with van der Waals surface area (Å²) >= 11 is 0. The zero-order chi connectivity index (χ0) is 16.8. The molecule has 4 heteroatoms. The maximum atomic E-state index is 12.2. The number of benzene rings is 2. The van der Waals surface area contributed by atoms with Crippen molar-refractivity contribution >= 4 is 11.6 Å². The van der Waals surface area contributed by atoms with Crippen molar-refractivity contribution in [1.82, 2.24) is 4.90 Å². The largest absolute Gasteiger partial charge is 0.457 e. The van der Waals surface area contributed by atoms with Crippen molar-refractivity contribution in [3.8, 4) is 11.5 Å². The normalized spacial score (nSPS) is 18.1. The molecule has 1 aliphatic rings. The molecule has 4 nitrogen and oxygen atoms in total. The van der Waals surface area contributed by atoms with Crippen molar-refractivity contribution in [2.75, 3.05) is 18.4 Å². The zero-order valence-corrected chi connectivity index (χ0v) is 14.1. The van der Waals surface area contributed by atoms with E-state index in [2.05, 4.69) is 17.1 Å². The monoisotopic (exact) mass is 324 g/mol. The Hall–Kier alpha value is -2.33.